The molecule has 2 nitrogen and oxygen atoms in total. The first-order chi connectivity index (χ1) is 4.19. The van der Waals surface area contributed by atoms with Crippen molar-refractivity contribution in [2.75, 3.05) is 0 Å². The molecule has 0 spiro atoms. The van der Waals surface area contributed by atoms with Crippen LogP contribution in [0.5, 0.6) is 0 Å². The van der Waals surface area contributed by atoms with E-state index in [1.807, 2.05) is 0 Å². The minimum absolute atomic E-state index is 0. The van der Waals surface area contributed by atoms with Gasteiger partial charge < -0.3 is 4.55 Å². The first-order valence-corrected chi connectivity index (χ1v) is 2.86. The van der Waals surface area contributed by atoms with E-state index in [4.69, 9.17) is 4.55 Å². The summed E-state index contributed by atoms with van der Waals surface area (Å²) in [6, 6.07) is 0. The quantitative estimate of drug-likeness (QED) is 0.391. The van der Waals surface area contributed by atoms with Crippen molar-refractivity contribution < 1.29 is 30.7 Å². The molecule has 0 aromatic carbocycles. The third-order valence-electron chi connectivity index (χ3n) is 0.549. The molecule has 1 unspecified atom stereocenters. The van der Waals surface area contributed by atoms with Crippen LogP contribution in [0.4, 0.5) is 22.0 Å². The van der Waals surface area contributed by atoms with Gasteiger partial charge in [-0.25, -0.2) is 4.21 Å². The average molecular weight is 208 g/mol. The Morgan fingerprint density at radius 3 is 1.36 bits per heavy atom. The van der Waals surface area contributed by atoms with E-state index in [1.54, 1.807) is 0 Å². The molecule has 0 rings (SSSR count). The molecular formula is C2H2F5NaO2S. The van der Waals surface area contributed by atoms with Crippen LogP contribution in [0, 0.1) is 0 Å². The molecule has 1 atom stereocenters. The van der Waals surface area contributed by atoms with Crippen LogP contribution < -0.4 is 0 Å². The van der Waals surface area contributed by atoms with Crippen LogP contribution in [0.3, 0.4) is 0 Å². The fraction of sp³-hybridized carbons (Fsp3) is 1.00. The predicted octanol–water partition coefficient (Wildman–Crippen LogP) is 0.715. The second kappa shape index (κ2) is 4.13. The molecule has 1 N–H and O–H groups in total. The predicted molar refractivity (Wildman–Crippen MR) is 28.9 cm³/mol. The second-order valence-electron chi connectivity index (χ2n) is 1.26. The molecule has 0 heterocycles. The summed E-state index contributed by atoms with van der Waals surface area (Å²) >= 11 is -4.20. The van der Waals surface area contributed by atoms with Gasteiger partial charge in [0.05, 0.1) is 0 Å². The van der Waals surface area contributed by atoms with Gasteiger partial charge in [-0.3, -0.25) is 0 Å². The number of halogens is 5. The van der Waals surface area contributed by atoms with Crippen LogP contribution in [0.1, 0.15) is 0 Å². The number of hydrogen-bond acceptors (Lipinski definition) is 1. The molecule has 0 radical (unpaired) electrons. The molecule has 0 aromatic rings. The van der Waals surface area contributed by atoms with E-state index in [1.165, 1.54) is 0 Å². The first-order valence-electron chi connectivity index (χ1n) is 1.75. The monoisotopic (exact) mass is 208 g/mol. The molecule has 0 aliphatic heterocycles. The van der Waals surface area contributed by atoms with Gasteiger partial charge in [-0.1, -0.05) is 0 Å². The van der Waals surface area contributed by atoms with Crippen molar-refractivity contribution in [2.24, 2.45) is 0 Å². The van der Waals surface area contributed by atoms with E-state index < -0.39 is 22.5 Å². The van der Waals surface area contributed by atoms with Crippen molar-refractivity contribution >= 4 is 40.6 Å². The van der Waals surface area contributed by atoms with E-state index in [0.29, 0.717) is 0 Å². The first kappa shape index (κ1) is 14.3. The Bertz CT molecular complexity index is 155. The van der Waals surface area contributed by atoms with Crippen LogP contribution in [-0.2, 0) is 11.1 Å². The summed E-state index contributed by atoms with van der Waals surface area (Å²) < 4.78 is 72.4. The third-order valence-corrected chi connectivity index (χ3v) is 1.22. The van der Waals surface area contributed by atoms with Crippen molar-refractivity contribution in [3.63, 3.8) is 0 Å². The molecule has 0 saturated heterocycles. The summed E-state index contributed by atoms with van der Waals surface area (Å²) in [4.78, 5) is 0. The standard InChI is InChI=1S/C2HF5O2S.Na.H/c3-1(4,5)2(6,7)10(8)9;;/h(H,8,9);;. The van der Waals surface area contributed by atoms with E-state index in [2.05, 4.69) is 0 Å². The van der Waals surface area contributed by atoms with E-state index in [-0.39, 0.29) is 29.6 Å². The van der Waals surface area contributed by atoms with Gasteiger partial charge in [0.1, 0.15) is 0 Å². The summed E-state index contributed by atoms with van der Waals surface area (Å²) in [6.07, 6.45) is -5.97. The molecule has 0 aliphatic rings. The molecular weight excluding hydrogens is 206 g/mol. The second-order valence-corrected chi connectivity index (χ2v) is 2.27. The summed E-state index contributed by atoms with van der Waals surface area (Å²) in [7, 11) is 0. The maximum absolute atomic E-state index is 11.4. The Hall–Kier alpha value is 0.760. The zero-order chi connectivity index (χ0) is 8.58. The van der Waals surface area contributed by atoms with Crippen LogP contribution in [0.15, 0.2) is 0 Å². The summed E-state index contributed by atoms with van der Waals surface area (Å²) in [5.41, 5.74) is 0. The van der Waals surface area contributed by atoms with Crippen molar-refractivity contribution in [1.82, 2.24) is 0 Å². The molecule has 11 heavy (non-hydrogen) atoms. The minimum atomic E-state index is -5.97. The van der Waals surface area contributed by atoms with E-state index in [9.17, 15) is 26.2 Å². The maximum atomic E-state index is 11.4. The number of alkyl halides is 5. The van der Waals surface area contributed by atoms with Gasteiger partial charge in [-0.2, -0.15) is 22.0 Å². The Balaban J connectivity index is 0. The van der Waals surface area contributed by atoms with E-state index >= 15 is 0 Å². The van der Waals surface area contributed by atoms with Crippen LogP contribution in [0.25, 0.3) is 0 Å². The SMILES string of the molecule is O=S(O)C(F)(F)C(F)(F)F.[NaH]. The van der Waals surface area contributed by atoms with Gasteiger partial charge in [0.2, 0.25) is 11.1 Å². The normalized spacial score (nSPS) is 15.5. The number of hydrogen-bond donors (Lipinski definition) is 1. The Kier molecular flexibility index (Phi) is 5.36. The van der Waals surface area contributed by atoms with Gasteiger partial charge >= 0.3 is 41.0 Å². The van der Waals surface area contributed by atoms with Crippen LogP contribution >= 0.6 is 0 Å². The Morgan fingerprint density at radius 2 is 1.36 bits per heavy atom. The van der Waals surface area contributed by atoms with Gasteiger partial charge in [-0.05, 0) is 0 Å². The van der Waals surface area contributed by atoms with Crippen LogP contribution in [0.2, 0.25) is 0 Å². The van der Waals surface area contributed by atoms with Crippen molar-refractivity contribution in [2.45, 2.75) is 11.4 Å². The molecule has 0 bridgehead atoms. The molecule has 64 valence electrons. The van der Waals surface area contributed by atoms with Crippen molar-refractivity contribution in [3.8, 4) is 0 Å². The van der Waals surface area contributed by atoms with Crippen molar-refractivity contribution in [1.29, 1.82) is 0 Å². The molecule has 0 saturated carbocycles. The summed E-state index contributed by atoms with van der Waals surface area (Å²) in [6.45, 7) is 0. The summed E-state index contributed by atoms with van der Waals surface area (Å²) in [5, 5.41) is -5.53. The fourth-order valence-electron chi connectivity index (χ4n) is 0.0990. The molecule has 0 aliphatic carbocycles. The van der Waals surface area contributed by atoms with Gasteiger partial charge in [-0.15, -0.1) is 0 Å². The molecule has 0 aromatic heterocycles. The number of rotatable bonds is 1. The molecule has 9 heteroatoms. The zero-order valence-electron chi connectivity index (χ0n) is 4.15. The fourth-order valence-corrected chi connectivity index (χ4v) is 0.297. The van der Waals surface area contributed by atoms with Gasteiger partial charge in [0, 0.05) is 0 Å². The average Bonchev–Trinajstić information content (AvgIpc) is 1.62. The topological polar surface area (TPSA) is 37.3 Å². The molecule has 0 amide bonds. The Morgan fingerprint density at radius 1 is 1.09 bits per heavy atom. The summed E-state index contributed by atoms with van der Waals surface area (Å²) in [5.74, 6) is 0. The Labute approximate surface area is 82.7 Å². The zero-order valence-corrected chi connectivity index (χ0v) is 4.97. The van der Waals surface area contributed by atoms with Crippen LogP contribution in [-0.4, -0.2) is 49.7 Å². The van der Waals surface area contributed by atoms with Gasteiger partial charge in [0.15, 0.2) is 0 Å². The van der Waals surface area contributed by atoms with E-state index in [0.717, 1.165) is 0 Å². The third kappa shape index (κ3) is 3.32. The molecule has 0 fully saturated rings. The van der Waals surface area contributed by atoms with Crippen molar-refractivity contribution in [3.05, 3.63) is 0 Å². The van der Waals surface area contributed by atoms with Gasteiger partial charge in [0.25, 0.3) is 0 Å².